The van der Waals surface area contributed by atoms with Gasteiger partial charge in [-0.2, -0.15) is 0 Å². The number of nitrogens with one attached hydrogen (secondary N) is 1. The van der Waals surface area contributed by atoms with Crippen LogP contribution in [-0.2, 0) is 21.2 Å². The van der Waals surface area contributed by atoms with Crippen LogP contribution >= 0.6 is 11.6 Å². The third kappa shape index (κ3) is 5.79. The van der Waals surface area contributed by atoms with Gasteiger partial charge >= 0.3 is 0 Å². The highest BCUT2D eigenvalue weighted by Crippen LogP contribution is 2.18. The molecule has 5 nitrogen and oxygen atoms in total. The van der Waals surface area contributed by atoms with Crippen molar-refractivity contribution < 1.29 is 13.2 Å². The van der Waals surface area contributed by atoms with Gasteiger partial charge in [0, 0.05) is 17.6 Å². The van der Waals surface area contributed by atoms with Gasteiger partial charge in [0.2, 0.25) is 5.91 Å². The Balaban J connectivity index is 1.88. The maximum Gasteiger partial charge on any atom is 0.234 e. The molecule has 0 spiro atoms. The van der Waals surface area contributed by atoms with E-state index in [2.05, 4.69) is 5.32 Å². The minimum Gasteiger partial charge on any atom is -0.351 e. The highest BCUT2D eigenvalue weighted by molar-refractivity contribution is 7.91. The van der Waals surface area contributed by atoms with Crippen LogP contribution in [0.3, 0.4) is 0 Å². The molecule has 0 radical (unpaired) electrons. The third-order valence-corrected chi connectivity index (χ3v) is 5.95. The zero-order valence-electron chi connectivity index (χ0n) is 13.3. The molecule has 1 aliphatic heterocycles. The molecule has 1 aromatic carbocycles. The summed E-state index contributed by atoms with van der Waals surface area (Å²) in [5, 5.41) is 3.51. The van der Waals surface area contributed by atoms with E-state index in [1.54, 1.807) is 6.07 Å². The Morgan fingerprint density at radius 1 is 1.43 bits per heavy atom. The number of halogens is 1. The summed E-state index contributed by atoms with van der Waals surface area (Å²) >= 11 is 5.92. The minimum atomic E-state index is -2.94. The van der Waals surface area contributed by atoms with Crippen molar-refractivity contribution in [2.24, 2.45) is 0 Å². The largest absolute Gasteiger partial charge is 0.351 e. The lowest BCUT2D eigenvalue weighted by atomic mass is 10.2. The van der Waals surface area contributed by atoms with E-state index in [0.29, 0.717) is 18.0 Å². The number of hydrogen-bond donors (Lipinski definition) is 1. The number of carbonyl (C=O) groups is 1. The standard InChI is InChI=1S/C16H23ClN2O3S/c1-2-7-19(15-6-8-23(21,22)12-15)11-16(20)18-10-13-4-3-5-14(17)9-13/h3-5,9,15H,2,6-8,10-12H2,1H3,(H,18,20). The fraction of sp³-hybridized carbons (Fsp3) is 0.562. The molecule has 1 saturated heterocycles. The minimum absolute atomic E-state index is 0.0446. The number of rotatable bonds is 7. The van der Waals surface area contributed by atoms with Gasteiger partial charge in [-0.05, 0) is 37.1 Å². The SMILES string of the molecule is CCCN(CC(=O)NCc1cccc(Cl)c1)C1CCS(=O)(=O)C1. The number of carbonyl (C=O) groups excluding carboxylic acids is 1. The molecule has 128 valence electrons. The van der Waals surface area contributed by atoms with E-state index in [9.17, 15) is 13.2 Å². The van der Waals surface area contributed by atoms with E-state index in [0.717, 1.165) is 18.5 Å². The Kier molecular flexibility index (Phi) is 6.44. The first-order valence-electron chi connectivity index (χ1n) is 7.85. The second-order valence-corrected chi connectivity index (χ2v) is 8.60. The summed E-state index contributed by atoms with van der Waals surface area (Å²) < 4.78 is 23.3. The average molecular weight is 359 g/mol. The highest BCUT2D eigenvalue weighted by Gasteiger charge is 2.32. The third-order valence-electron chi connectivity index (χ3n) is 3.96. The van der Waals surface area contributed by atoms with E-state index in [-0.39, 0.29) is 30.0 Å². The normalized spacial score (nSPS) is 19.9. The van der Waals surface area contributed by atoms with Crippen molar-refractivity contribution in [2.75, 3.05) is 24.6 Å². The monoisotopic (exact) mass is 358 g/mol. The number of sulfone groups is 1. The Bertz CT molecular complexity index is 648. The van der Waals surface area contributed by atoms with Crippen LogP contribution in [0.5, 0.6) is 0 Å². The second kappa shape index (κ2) is 8.13. The molecule has 2 rings (SSSR count). The maximum atomic E-state index is 12.2. The van der Waals surface area contributed by atoms with E-state index in [1.807, 2.05) is 30.0 Å². The molecular weight excluding hydrogens is 336 g/mol. The molecule has 7 heteroatoms. The molecule has 1 unspecified atom stereocenters. The Morgan fingerprint density at radius 3 is 2.83 bits per heavy atom. The molecule has 1 aliphatic rings. The number of amides is 1. The summed E-state index contributed by atoms with van der Waals surface area (Å²) in [5.41, 5.74) is 0.941. The van der Waals surface area contributed by atoms with Crippen molar-refractivity contribution in [1.82, 2.24) is 10.2 Å². The molecule has 0 aromatic heterocycles. The first kappa shape index (κ1) is 18.2. The van der Waals surface area contributed by atoms with Crippen LogP contribution in [0.15, 0.2) is 24.3 Å². The molecule has 1 heterocycles. The first-order valence-corrected chi connectivity index (χ1v) is 10.0. The van der Waals surface area contributed by atoms with Gasteiger partial charge < -0.3 is 5.32 Å². The molecule has 1 amide bonds. The van der Waals surface area contributed by atoms with Crippen LogP contribution in [0.1, 0.15) is 25.3 Å². The summed E-state index contributed by atoms with van der Waals surface area (Å²) in [5.74, 6) is 0.291. The lowest BCUT2D eigenvalue weighted by molar-refractivity contribution is -0.122. The van der Waals surface area contributed by atoms with Gasteiger partial charge in [-0.1, -0.05) is 30.7 Å². The molecule has 1 fully saturated rings. The molecule has 0 aliphatic carbocycles. The van der Waals surface area contributed by atoms with Crippen molar-refractivity contribution in [3.05, 3.63) is 34.9 Å². The number of hydrogen-bond acceptors (Lipinski definition) is 4. The van der Waals surface area contributed by atoms with E-state index >= 15 is 0 Å². The van der Waals surface area contributed by atoms with Gasteiger partial charge in [0.05, 0.1) is 18.1 Å². The van der Waals surface area contributed by atoms with Crippen LogP contribution in [0.2, 0.25) is 5.02 Å². The molecule has 0 bridgehead atoms. The summed E-state index contributed by atoms with van der Waals surface area (Å²) in [4.78, 5) is 14.2. The fourth-order valence-corrected chi connectivity index (χ4v) is 4.80. The van der Waals surface area contributed by atoms with Gasteiger partial charge in [0.1, 0.15) is 0 Å². The van der Waals surface area contributed by atoms with Crippen LogP contribution in [0.25, 0.3) is 0 Å². The van der Waals surface area contributed by atoms with Crippen molar-refractivity contribution in [3.8, 4) is 0 Å². The van der Waals surface area contributed by atoms with Crippen molar-refractivity contribution in [3.63, 3.8) is 0 Å². The lowest BCUT2D eigenvalue weighted by Gasteiger charge is -2.26. The second-order valence-electron chi connectivity index (χ2n) is 5.93. The molecule has 0 saturated carbocycles. The van der Waals surface area contributed by atoms with Gasteiger partial charge in [-0.25, -0.2) is 8.42 Å². The Morgan fingerprint density at radius 2 is 2.22 bits per heavy atom. The topological polar surface area (TPSA) is 66.5 Å². The zero-order chi connectivity index (χ0) is 16.9. The Hall–Kier alpha value is -1.11. The van der Waals surface area contributed by atoms with Crippen LogP contribution in [0.4, 0.5) is 0 Å². The van der Waals surface area contributed by atoms with Crippen molar-refractivity contribution >= 4 is 27.3 Å². The zero-order valence-corrected chi connectivity index (χ0v) is 14.9. The highest BCUT2D eigenvalue weighted by atomic mass is 35.5. The first-order chi connectivity index (χ1) is 10.9. The smallest absolute Gasteiger partial charge is 0.234 e. The van der Waals surface area contributed by atoms with Crippen molar-refractivity contribution in [1.29, 1.82) is 0 Å². The van der Waals surface area contributed by atoms with E-state index in [1.165, 1.54) is 0 Å². The quantitative estimate of drug-likeness (QED) is 0.807. The van der Waals surface area contributed by atoms with Crippen LogP contribution < -0.4 is 5.32 Å². The van der Waals surface area contributed by atoms with E-state index < -0.39 is 9.84 Å². The Labute approximate surface area is 142 Å². The molecule has 1 aromatic rings. The summed E-state index contributed by atoms with van der Waals surface area (Å²) in [7, 11) is -2.94. The van der Waals surface area contributed by atoms with Crippen molar-refractivity contribution in [2.45, 2.75) is 32.4 Å². The number of nitrogens with zero attached hydrogens (tertiary/aromatic N) is 1. The fourth-order valence-electron chi connectivity index (χ4n) is 2.83. The van der Waals surface area contributed by atoms with Gasteiger partial charge in [-0.15, -0.1) is 0 Å². The summed E-state index contributed by atoms with van der Waals surface area (Å²) in [6.07, 6.45) is 1.50. The average Bonchev–Trinajstić information content (AvgIpc) is 2.85. The lowest BCUT2D eigenvalue weighted by Crippen LogP contribution is -2.43. The van der Waals surface area contributed by atoms with Crippen LogP contribution in [0, 0.1) is 0 Å². The van der Waals surface area contributed by atoms with E-state index in [4.69, 9.17) is 11.6 Å². The summed E-state index contributed by atoms with van der Waals surface area (Å²) in [6, 6.07) is 7.30. The molecular formula is C16H23ClN2O3S. The van der Waals surface area contributed by atoms with Gasteiger partial charge in [0.25, 0.3) is 0 Å². The van der Waals surface area contributed by atoms with Gasteiger partial charge in [0.15, 0.2) is 9.84 Å². The molecule has 1 N–H and O–H groups in total. The maximum absolute atomic E-state index is 12.2. The van der Waals surface area contributed by atoms with Crippen LogP contribution in [-0.4, -0.2) is 49.9 Å². The molecule has 23 heavy (non-hydrogen) atoms. The predicted molar refractivity (Wildman–Crippen MR) is 92.2 cm³/mol. The molecule has 1 atom stereocenters. The van der Waals surface area contributed by atoms with Gasteiger partial charge in [-0.3, -0.25) is 9.69 Å². The predicted octanol–water partition coefficient (Wildman–Crippen LogP) is 1.86. The number of benzene rings is 1. The summed E-state index contributed by atoms with van der Waals surface area (Å²) in [6.45, 7) is 3.40.